The van der Waals surface area contributed by atoms with Crippen molar-refractivity contribution in [2.45, 2.75) is 6.18 Å². The Labute approximate surface area is 84.4 Å². The van der Waals surface area contributed by atoms with Crippen LogP contribution in [0.2, 0.25) is 0 Å². The van der Waals surface area contributed by atoms with Gasteiger partial charge < -0.3 is 5.73 Å². The van der Waals surface area contributed by atoms with Crippen LogP contribution in [-0.2, 0) is 6.18 Å². The zero-order valence-corrected chi connectivity index (χ0v) is 7.55. The average molecular weight is 212 g/mol. The molecule has 1 rings (SSSR count). The number of allylic oxidation sites excluding steroid dienone is 1. The minimum absolute atomic E-state index is 0.0161. The highest BCUT2D eigenvalue weighted by atomic mass is 19.4. The minimum Gasteiger partial charge on any atom is -0.399 e. The molecule has 0 amide bonds. The first-order valence-corrected chi connectivity index (χ1v) is 3.97. The fraction of sp³-hybridized carbons (Fsp3) is 0.100. The molecule has 0 heterocycles. The number of rotatable bonds is 1. The monoisotopic (exact) mass is 212 g/mol. The van der Waals surface area contributed by atoms with Gasteiger partial charge in [0.1, 0.15) is 0 Å². The second kappa shape index (κ2) is 4.05. The number of nitrogen functional groups attached to an aromatic ring is 1. The van der Waals surface area contributed by atoms with Crippen LogP contribution in [0.15, 0.2) is 24.3 Å². The molecule has 0 fully saturated rings. The van der Waals surface area contributed by atoms with E-state index >= 15 is 0 Å². The van der Waals surface area contributed by atoms with Crippen LogP contribution < -0.4 is 5.73 Å². The molecule has 0 aromatic heterocycles. The van der Waals surface area contributed by atoms with Crippen LogP contribution in [-0.4, -0.2) is 0 Å². The summed E-state index contributed by atoms with van der Waals surface area (Å²) >= 11 is 0. The van der Waals surface area contributed by atoms with E-state index in [2.05, 4.69) is 0 Å². The molecule has 2 nitrogen and oxygen atoms in total. The van der Waals surface area contributed by atoms with E-state index in [0.717, 1.165) is 18.2 Å². The Balaban J connectivity index is 3.18. The molecular formula is C10H7F3N2. The van der Waals surface area contributed by atoms with Crippen LogP contribution in [0.5, 0.6) is 0 Å². The fourth-order valence-electron chi connectivity index (χ4n) is 1.07. The van der Waals surface area contributed by atoms with Crippen LogP contribution in [0.1, 0.15) is 11.1 Å². The number of halogens is 3. The standard InChI is InChI=1S/C10H7F3N2/c11-10(12,13)8-4-7(2-1-3-14)5-9(15)6-8/h1-2,4-6H,15H2. The molecule has 1 aromatic rings. The predicted octanol–water partition coefficient (Wildman–Crippen LogP) is 2.82. The minimum atomic E-state index is -4.43. The van der Waals surface area contributed by atoms with Crippen molar-refractivity contribution in [2.75, 3.05) is 5.73 Å². The van der Waals surface area contributed by atoms with Gasteiger partial charge in [0, 0.05) is 11.8 Å². The third-order valence-electron chi connectivity index (χ3n) is 1.66. The van der Waals surface area contributed by atoms with Crippen LogP contribution in [0, 0.1) is 11.3 Å². The summed E-state index contributed by atoms with van der Waals surface area (Å²) in [5.74, 6) is 0. The van der Waals surface area contributed by atoms with Gasteiger partial charge >= 0.3 is 6.18 Å². The first kappa shape index (κ1) is 11.1. The Kier molecular flexibility index (Phi) is 3.00. The lowest BCUT2D eigenvalue weighted by Crippen LogP contribution is -2.06. The van der Waals surface area contributed by atoms with Crippen molar-refractivity contribution in [1.82, 2.24) is 0 Å². The summed E-state index contributed by atoms with van der Waals surface area (Å²) in [5.41, 5.74) is 4.76. The molecule has 0 saturated carbocycles. The zero-order valence-electron chi connectivity index (χ0n) is 7.55. The van der Waals surface area contributed by atoms with Crippen molar-refractivity contribution < 1.29 is 13.2 Å². The van der Waals surface area contributed by atoms with Gasteiger partial charge in [0.05, 0.1) is 11.6 Å². The summed E-state index contributed by atoms with van der Waals surface area (Å²) in [4.78, 5) is 0. The van der Waals surface area contributed by atoms with E-state index in [1.165, 1.54) is 12.1 Å². The highest BCUT2D eigenvalue weighted by Crippen LogP contribution is 2.31. The maximum absolute atomic E-state index is 12.3. The predicted molar refractivity (Wildman–Crippen MR) is 50.5 cm³/mol. The van der Waals surface area contributed by atoms with Gasteiger partial charge in [0.25, 0.3) is 0 Å². The molecule has 15 heavy (non-hydrogen) atoms. The summed E-state index contributed by atoms with van der Waals surface area (Å²) in [6.07, 6.45) is -2.06. The molecule has 0 unspecified atom stereocenters. The van der Waals surface area contributed by atoms with Gasteiger partial charge in [0.15, 0.2) is 0 Å². The Hall–Kier alpha value is -1.96. The number of nitrogens with two attached hydrogens (primary N) is 1. The third-order valence-corrected chi connectivity index (χ3v) is 1.66. The van der Waals surface area contributed by atoms with E-state index in [9.17, 15) is 13.2 Å². The average Bonchev–Trinajstić information content (AvgIpc) is 2.12. The quantitative estimate of drug-likeness (QED) is 0.574. The maximum Gasteiger partial charge on any atom is 0.416 e. The molecule has 0 aliphatic rings. The SMILES string of the molecule is N#CC=Cc1cc(N)cc(C(F)(F)F)c1. The molecule has 5 heteroatoms. The molecule has 0 radical (unpaired) electrons. The molecule has 2 N–H and O–H groups in total. The molecule has 1 aromatic carbocycles. The summed E-state index contributed by atoms with van der Waals surface area (Å²) in [6, 6.07) is 4.84. The lowest BCUT2D eigenvalue weighted by molar-refractivity contribution is -0.137. The number of nitriles is 1. The van der Waals surface area contributed by atoms with Gasteiger partial charge in [-0.15, -0.1) is 0 Å². The largest absolute Gasteiger partial charge is 0.416 e. The molecule has 0 atom stereocenters. The summed E-state index contributed by atoms with van der Waals surface area (Å²) in [5, 5.41) is 8.24. The molecule has 0 saturated heterocycles. The van der Waals surface area contributed by atoms with Gasteiger partial charge in [-0.3, -0.25) is 0 Å². The van der Waals surface area contributed by atoms with E-state index in [1.807, 2.05) is 0 Å². The van der Waals surface area contributed by atoms with Crippen LogP contribution in [0.25, 0.3) is 6.08 Å². The smallest absolute Gasteiger partial charge is 0.399 e. The normalized spacial score (nSPS) is 11.6. The lowest BCUT2D eigenvalue weighted by atomic mass is 10.1. The third kappa shape index (κ3) is 3.02. The molecular weight excluding hydrogens is 205 g/mol. The van der Waals surface area contributed by atoms with Crippen molar-refractivity contribution in [3.63, 3.8) is 0 Å². The van der Waals surface area contributed by atoms with E-state index < -0.39 is 11.7 Å². The summed E-state index contributed by atoms with van der Waals surface area (Å²) in [6.45, 7) is 0. The van der Waals surface area contributed by atoms with Crippen molar-refractivity contribution in [3.05, 3.63) is 35.4 Å². The molecule has 0 spiro atoms. The van der Waals surface area contributed by atoms with E-state index in [1.54, 1.807) is 6.07 Å². The summed E-state index contributed by atoms with van der Waals surface area (Å²) < 4.78 is 37.0. The topological polar surface area (TPSA) is 49.8 Å². The number of hydrogen-bond acceptors (Lipinski definition) is 2. The number of nitrogens with zero attached hydrogens (tertiary/aromatic N) is 1. The highest BCUT2D eigenvalue weighted by molar-refractivity contribution is 5.59. The zero-order chi connectivity index (χ0) is 11.5. The summed E-state index contributed by atoms with van der Waals surface area (Å²) in [7, 11) is 0. The van der Waals surface area contributed by atoms with Crippen LogP contribution in [0.3, 0.4) is 0 Å². The molecule has 0 bridgehead atoms. The van der Waals surface area contributed by atoms with Gasteiger partial charge in [-0.25, -0.2) is 0 Å². The number of benzene rings is 1. The fourth-order valence-corrected chi connectivity index (χ4v) is 1.07. The maximum atomic E-state index is 12.3. The second-order valence-electron chi connectivity index (χ2n) is 2.85. The molecule has 78 valence electrons. The highest BCUT2D eigenvalue weighted by Gasteiger charge is 2.30. The van der Waals surface area contributed by atoms with Gasteiger partial charge in [-0.05, 0) is 29.8 Å². The van der Waals surface area contributed by atoms with Crippen molar-refractivity contribution in [3.8, 4) is 6.07 Å². The van der Waals surface area contributed by atoms with E-state index in [-0.39, 0.29) is 11.3 Å². The van der Waals surface area contributed by atoms with Gasteiger partial charge in [0.2, 0.25) is 0 Å². The first-order chi connectivity index (χ1) is 6.93. The van der Waals surface area contributed by atoms with Crippen LogP contribution in [0.4, 0.5) is 18.9 Å². The first-order valence-electron chi connectivity index (χ1n) is 3.97. The molecule has 0 aliphatic carbocycles. The van der Waals surface area contributed by atoms with E-state index in [0.29, 0.717) is 0 Å². The van der Waals surface area contributed by atoms with Crippen molar-refractivity contribution >= 4 is 11.8 Å². The van der Waals surface area contributed by atoms with Crippen molar-refractivity contribution in [1.29, 1.82) is 5.26 Å². The van der Waals surface area contributed by atoms with Gasteiger partial charge in [-0.1, -0.05) is 0 Å². The molecule has 0 aliphatic heterocycles. The number of anilines is 1. The Morgan fingerprint density at radius 1 is 1.27 bits per heavy atom. The van der Waals surface area contributed by atoms with Crippen molar-refractivity contribution in [2.24, 2.45) is 0 Å². The Bertz CT molecular complexity index is 427. The number of hydrogen-bond donors (Lipinski definition) is 1. The lowest BCUT2D eigenvalue weighted by Gasteiger charge is -2.08. The Morgan fingerprint density at radius 2 is 1.93 bits per heavy atom. The van der Waals surface area contributed by atoms with E-state index in [4.69, 9.17) is 11.0 Å². The van der Waals surface area contributed by atoms with Crippen LogP contribution >= 0.6 is 0 Å². The Morgan fingerprint density at radius 3 is 2.47 bits per heavy atom. The van der Waals surface area contributed by atoms with Gasteiger partial charge in [-0.2, -0.15) is 18.4 Å². The second-order valence-corrected chi connectivity index (χ2v) is 2.85. The number of alkyl halides is 3.